The van der Waals surface area contributed by atoms with Crippen LogP contribution in [-0.4, -0.2) is 36.4 Å². The molecule has 2 rings (SSSR count). The molecular formula is C20H26Cl2N2O2S. The van der Waals surface area contributed by atoms with Crippen LogP contribution in [-0.2, 0) is 4.79 Å². The minimum absolute atomic E-state index is 0.154. The third-order valence-electron chi connectivity index (χ3n) is 4.54. The van der Waals surface area contributed by atoms with Crippen molar-refractivity contribution in [3.63, 3.8) is 0 Å². The van der Waals surface area contributed by atoms with E-state index in [9.17, 15) is 9.59 Å². The third-order valence-corrected chi connectivity index (χ3v) is 5.73. The lowest BCUT2D eigenvalue weighted by molar-refractivity contribution is -0.122. The van der Waals surface area contributed by atoms with Gasteiger partial charge in [-0.1, -0.05) is 34.9 Å². The van der Waals surface area contributed by atoms with Crippen molar-refractivity contribution in [1.29, 1.82) is 0 Å². The van der Waals surface area contributed by atoms with Crippen LogP contribution in [0.3, 0.4) is 0 Å². The van der Waals surface area contributed by atoms with Crippen molar-refractivity contribution in [2.75, 3.05) is 18.6 Å². The van der Waals surface area contributed by atoms with Crippen LogP contribution in [0.5, 0.6) is 0 Å². The number of carbonyl (C=O) groups excluding carboxylic acids is 2. The lowest BCUT2D eigenvalue weighted by Gasteiger charge is -2.19. The van der Waals surface area contributed by atoms with Gasteiger partial charge in [-0.2, -0.15) is 11.8 Å². The van der Waals surface area contributed by atoms with Gasteiger partial charge < -0.3 is 10.6 Å². The zero-order valence-electron chi connectivity index (χ0n) is 15.5. The van der Waals surface area contributed by atoms with Gasteiger partial charge in [-0.05, 0) is 68.7 Å². The predicted octanol–water partition coefficient (Wildman–Crippen LogP) is 4.85. The maximum atomic E-state index is 12.6. The number of amides is 2. The van der Waals surface area contributed by atoms with E-state index in [0.717, 1.165) is 25.0 Å². The molecule has 2 N–H and O–H groups in total. The van der Waals surface area contributed by atoms with Gasteiger partial charge in [0.2, 0.25) is 5.91 Å². The van der Waals surface area contributed by atoms with Gasteiger partial charge in [-0.3, -0.25) is 9.59 Å². The van der Waals surface area contributed by atoms with Crippen molar-refractivity contribution in [1.82, 2.24) is 10.6 Å². The Morgan fingerprint density at radius 2 is 2.07 bits per heavy atom. The van der Waals surface area contributed by atoms with E-state index >= 15 is 0 Å². The minimum atomic E-state index is -0.586. The number of allylic oxidation sites excluding steroid dienone is 1. The molecule has 0 saturated heterocycles. The van der Waals surface area contributed by atoms with E-state index in [1.807, 2.05) is 6.26 Å². The molecule has 27 heavy (non-hydrogen) atoms. The Kier molecular flexibility index (Phi) is 9.52. The fourth-order valence-corrected chi connectivity index (χ4v) is 3.98. The average molecular weight is 429 g/mol. The smallest absolute Gasteiger partial charge is 0.253 e. The van der Waals surface area contributed by atoms with Gasteiger partial charge in [0.15, 0.2) is 0 Å². The predicted molar refractivity (Wildman–Crippen MR) is 115 cm³/mol. The molecule has 0 spiro atoms. The van der Waals surface area contributed by atoms with Crippen molar-refractivity contribution in [3.8, 4) is 0 Å². The first-order chi connectivity index (χ1) is 13.0. The van der Waals surface area contributed by atoms with Crippen LogP contribution >= 0.6 is 35.0 Å². The Morgan fingerprint density at radius 1 is 1.26 bits per heavy atom. The Bertz CT molecular complexity index is 695. The number of halogens is 2. The highest BCUT2D eigenvalue weighted by Crippen LogP contribution is 2.21. The molecule has 0 fully saturated rings. The van der Waals surface area contributed by atoms with Crippen LogP contribution in [0.1, 0.15) is 48.9 Å². The molecule has 1 atom stereocenters. The summed E-state index contributed by atoms with van der Waals surface area (Å²) in [5, 5.41) is 6.51. The molecule has 0 heterocycles. The maximum Gasteiger partial charge on any atom is 0.253 e. The fourth-order valence-electron chi connectivity index (χ4n) is 3.02. The number of carbonyl (C=O) groups is 2. The van der Waals surface area contributed by atoms with Crippen molar-refractivity contribution in [2.24, 2.45) is 0 Å². The number of rotatable bonds is 9. The zero-order chi connectivity index (χ0) is 19.6. The van der Waals surface area contributed by atoms with Gasteiger partial charge in [0.1, 0.15) is 6.04 Å². The molecule has 4 nitrogen and oxygen atoms in total. The fraction of sp³-hybridized carbons (Fsp3) is 0.500. The summed E-state index contributed by atoms with van der Waals surface area (Å²) in [6, 6.07) is 4.11. The maximum absolute atomic E-state index is 12.6. The number of hydrogen-bond donors (Lipinski definition) is 2. The molecule has 148 valence electrons. The van der Waals surface area contributed by atoms with E-state index in [1.54, 1.807) is 23.9 Å². The van der Waals surface area contributed by atoms with Crippen molar-refractivity contribution < 1.29 is 9.59 Å². The summed E-state index contributed by atoms with van der Waals surface area (Å²) in [5.41, 5.74) is 1.73. The van der Waals surface area contributed by atoms with Crippen LogP contribution in [0.4, 0.5) is 0 Å². The highest BCUT2D eigenvalue weighted by molar-refractivity contribution is 7.98. The van der Waals surface area contributed by atoms with Crippen molar-refractivity contribution >= 4 is 46.8 Å². The summed E-state index contributed by atoms with van der Waals surface area (Å²) in [4.78, 5) is 25.1. The zero-order valence-corrected chi connectivity index (χ0v) is 17.9. The molecule has 0 bridgehead atoms. The summed E-state index contributed by atoms with van der Waals surface area (Å²) in [6.07, 6.45) is 10.4. The van der Waals surface area contributed by atoms with Gasteiger partial charge in [0, 0.05) is 11.6 Å². The molecule has 1 unspecified atom stereocenters. The molecule has 2 amide bonds. The normalized spacial score (nSPS) is 15.0. The molecule has 1 aliphatic rings. The lowest BCUT2D eigenvalue weighted by atomic mass is 9.97. The van der Waals surface area contributed by atoms with E-state index < -0.39 is 6.04 Å². The molecule has 1 aromatic carbocycles. The van der Waals surface area contributed by atoms with Crippen LogP contribution in [0.15, 0.2) is 29.8 Å². The molecule has 0 radical (unpaired) electrons. The lowest BCUT2D eigenvalue weighted by Crippen LogP contribution is -2.47. The van der Waals surface area contributed by atoms with Gasteiger partial charge in [-0.15, -0.1) is 0 Å². The van der Waals surface area contributed by atoms with E-state index in [1.165, 1.54) is 24.5 Å². The largest absolute Gasteiger partial charge is 0.354 e. The van der Waals surface area contributed by atoms with Crippen LogP contribution in [0, 0.1) is 0 Å². The second-order valence-corrected chi connectivity index (χ2v) is 8.41. The van der Waals surface area contributed by atoms with Gasteiger partial charge in [0.25, 0.3) is 5.91 Å². The quantitative estimate of drug-likeness (QED) is 0.552. The number of hydrogen-bond acceptors (Lipinski definition) is 3. The summed E-state index contributed by atoms with van der Waals surface area (Å²) in [7, 11) is 0. The first-order valence-corrected chi connectivity index (χ1v) is 11.4. The summed E-state index contributed by atoms with van der Waals surface area (Å²) in [6.45, 7) is 0.595. The minimum Gasteiger partial charge on any atom is -0.354 e. The van der Waals surface area contributed by atoms with Gasteiger partial charge >= 0.3 is 0 Å². The second-order valence-electron chi connectivity index (χ2n) is 6.58. The van der Waals surface area contributed by atoms with E-state index in [4.69, 9.17) is 23.2 Å². The van der Waals surface area contributed by atoms with Gasteiger partial charge in [-0.25, -0.2) is 0 Å². The first kappa shape index (κ1) is 22.1. The van der Waals surface area contributed by atoms with Crippen LogP contribution in [0.2, 0.25) is 10.0 Å². The molecular weight excluding hydrogens is 403 g/mol. The second kappa shape index (κ2) is 11.6. The number of thioether (sulfide) groups is 1. The average Bonchev–Trinajstić information content (AvgIpc) is 2.65. The third kappa shape index (κ3) is 7.40. The Balaban J connectivity index is 1.93. The summed E-state index contributed by atoms with van der Waals surface area (Å²) < 4.78 is 0. The SMILES string of the molecule is CSCCC(NC(=O)c1ccc(Cl)cc1Cl)C(=O)NCCC1=CCCCC1. The standard InChI is InChI=1S/C20H26Cl2N2O2S/c1-27-12-10-18(20(26)23-11-9-14-5-3-2-4-6-14)24-19(25)16-8-7-15(21)13-17(16)22/h5,7-8,13,18H,2-4,6,9-12H2,1H3,(H,23,26)(H,24,25). The monoisotopic (exact) mass is 428 g/mol. The van der Waals surface area contributed by atoms with Crippen LogP contribution < -0.4 is 10.6 Å². The Morgan fingerprint density at radius 3 is 2.74 bits per heavy atom. The van der Waals surface area contributed by atoms with Crippen molar-refractivity contribution in [3.05, 3.63) is 45.5 Å². The molecule has 7 heteroatoms. The summed E-state index contributed by atoms with van der Waals surface area (Å²) in [5.74, 6) is 0.254. The molecule has 0 aromatic heterocycles. The number of benzene rings is 1. The highest BCUT2D eigenvalue weighted by Gasteiger charge is 2.22. The Labute approximate surface area is 175 Å². The van der Waals surface area contributed by atoms with Crippen molar-refractivity contribution in [2.45, 2.75) is 44.6 Å². The molecule has 1 aromatic rings. The first-order valence-electron chi connectivity index (χ1n) is 9.21. The van der Waals surface area contributed by atoms with E-state index in [-0.39, 0.29) is 16.8 Å². The van der Waals surface area contributed by atoms with Crippen LogP contribution in [0.25, 0.3) is 0 Å². The topological polar surface area (TPSA) is 58.2 Å². The number of nitrogens with one attached hydrogen (secondary N) is 2. The molecule has 0 aliphatic heterocycles. The summed E-state index contributed by atoms with van der Waals surface area (Å²) >= 11 is 13.6. The molecule has 1 aliphatic carbocycles. The highest BCUT2D eigenvalue weighted by atomic mass is 35.5. The van der Waals surface area contributed by atoms with E-state index in [0.29, 0.717) is 23.6 Å². The Hall–Kier alpha value is -1.17. The molecule has 0 saturated carbocycles. The van der Waals surface area contributed by atoms with E-state index in [2.05, 4.69) is 16.7 Å². The van der Waals surface area contributed by atoms with Gasteiger partial charge in [0.05, 0.1) is 10.6 Å².